The van der Waals surface area contributed by atoms with E-state index in [1.807, 2.05) is 0 Å². The monoisotopic (exact) mass is 308 g/mol. The number of benzene rings is 2. The molecule has 2 aromatic rings. The summed E-state index contributed by atoms with van der Waals surface area (Å²) in [4.78, 5) is 0. The Morgan fingerprint density at radius 2 is 1.04 bits per heavy atom. The highest BCUT2D eigenvalue weighted by Gasteiger charge is 2.19. The van der Waals surface area contributed by atoms with Gasteiger partial charge in [-0.3, -0.25) is 0 Å². The highest BCUT2D eigenvalue weighted by Crippen LogP contribution is 2.29. The predicted molar refractivity (Wildman–Crippen MR) is 102 cm³/mol. The fourth-order valence-corrected chi connectivity index (χ4v) is 2.85. The van der Waals surface area contributed by atoms with Crippen molar-refractivity contribution in [2.75, 3.05) is 0 Å². The summed E-state index contributed by atoms with van der Waals surface area (Å²) in [5, 5.41) is 0. The Labute approximate surface area is 143 Å². The van der Waals surface area contributed by atoms with Gasteiger partial charge in [-0.25, -0.2) is 0 Å². The van der Waals surface area contributed by atoms with Crippen LogP contribution >= 0.6 is 0 Å². The SMILES string of the molecule is CCC(C)(C)c1cccc(Cc2cccc(C(C)(C)CC)c2)c1. The van der Waals surface area contributed by atoms with Gasteiger partial charge < -0.3 is 0 Å². The molecule has 2 aromatic carbocycles. The lowest BCUT2D eigenvalue weighted by Gasteiger charge is -2.25. The van der Waals surface area contributed by atoms with Crippen LogP contribution in [0.3, 0.4) is 0 Å². The van der Waals surface area contributed by atoms with E-state index in [1.165, 1.54) is 22.3 Å². The Balaban J connectivity index is 2.27. The summed E-state index contributed by atoms with van der Waals surface area (Å²) < 4.78 is 0. The topological polar surface area (TPSA) is 0 Å². The summed E-state index contributed by atoms with van der Waals surface area (Å²) in [5.41, 5.74) is 6.22. The molecule has 0 nitrogen and oxygen atoms in total. The molecule has 0 aliphatic heterocycles. The molecule has 0 heterocycles. The molecule has 124 valence electrons. The first kappa shape index (κ1) is 17.8. The minimum atomic E-state index is 0.252. The molecule has 0 amide bonds. The van der Waals surface area contributed by atoms with Crippen molar-refractivity contribution in [1.82, 2.24) is 0 Å². The van der Waals surface area contributed by atoms with Gasteiger partial charge in [0.15, 0.2) is 0 Å². The van der Waals surface area contributed by atoms with Crippen molar-refractivity contribution in [3.63, 3.8) is 0 Å². The number of hydrogen-bond acceptors (Lipinski definition) is 0. The van der Waals surface area contributed by atoms with Crippen LogP contribution in [0.4, 0.5) is 0 Å². The third-order valence-corrected chi connectivity index (χ3v) is 5.59. The fourth-order valence-electron chi connectivity index (χ4n) is 2.85. The predicted octanol–water partition coefficient (Wildman–Crippen LogP) is 6.65. The maximum Gasteiger partial charge on any atom is -0.00256 e. The largest absolute Gasteiger partial charge is 0.0646 e. The minimum absolute atomic E-state index is 0.252. The molecule has 0 aliphatic carbocycles. The first-order valence-electron chi connectivity index (χ1n) is 8.97. The van der Waals surface area contributed by atoms with Crippen LogP contribution in [0.5, 0.6) is 0 Å². The van der Waals surface area contributed by atoms with Crippen LogP contribution in [0.25, 0.3) is 0 Å². The Bertz CT molecular complexity index is 589. The second kappa shape index (κ2) is 6.91. The van der Waals surface area contributed by atoms with Gasteiger partial charge in [-0.15, -0.1) is 0 Å². The molecule has 0 spiro atoms. The maximum absolute atomic E-state index is 2.39. The molecular weight excluding hydrogens is 276 g/mol. The van der Waals surface area contributed by atoms with Gasteiger partial charge in [-0.2, -0.15) is 0 Å². The van der Waals surface area contributed by atoms with Crippen molar-refractivity contribution in [2.45, 2.75) is 71.6 Å². The molecule has 0 unspecified atom stereocenters. The second-order valence-corrected chi connectivity index (χ2v) is 8.05. The quantitative estimate of drug-likeness (QED) is 0.560. The third kappa shape index (κ3) is 4.25. The van der Waals surface area contributed by atoms with Crippen molar-refractivity contribution in [3.8, 4) is 0 Å². The van der Waals surface area contributed by atoms with Gasteiger partial charge in [0.25, 0.3) is 0 Å². The van der Waals surface area contributed by atoms with Crippen LogP contribution < -0.4 is 0 Å². The smallest absolute Gasteiger partial charge is 0.00256 e. The first-order chi connectivity index (χ1) is 10.8. The zero-order valence-corrected chi connectivity index (χ0v) is 15.7. The molecule has 0 fully saturated rings. The molecule has 0 atom stereocenters. The number of rotatable bonds is 6. The van der Waals surface area contributed by atoms with Crippen molar-refractivity contribution < 1.29 is 0 Å². The van der Waals surface area contributed by atoms with Crippen molar-refractivity contribution in [3.05, 3.63) is 70.8 Å². The normalized spacial score (nSPS) is 12.4. The van der Waals surface area contributed by atoms with E-state index in [4.69, 9.17) is 0 Å². The van der Waals surface area contributed by atoms with Crippen molar-refractivity contribution >= 4 is 0 Å². The Morgan fingerprint density at radius 1 is 0.652 bits per heavy atom. The van der Waals surface area contributed by atoms with Crippen LogP contribution in [0.1, 0.15) is 76.6 Å². The minimum Gasteiger partial charge on any atom is -0.0646 e. The van der Waals surface area contributed by atoms with E-state index in [2.05, 4.69) is 90.1 Å². The van der Waals surface area contributed by atoms with E-state index < -0.39 is 0 Å². The van der Waals surface area contributed by atoms with Crippen molar-refractivity contribution in [1.29, 1.82) is 0 Å². The summed E-state index contributed by atoms with van der Waals surface area (Å²) >= 11 is 0. The fraction of sp³-hybridized carbons (Fsp3) is 0.478. The van der Waals surface area contributed by atoms with E-state index in [9.17, 15) is 0 Å². The summed E-state index contributed by atoms with van der Waals surface area (Å²) in [5.74, 6) is 0. The van der Waals surface area contributed by atoms with Crippen LogP contribution in [-0.4, -0.2) is 0 Å². The van der Waals surface area contributed by atoms with Gasteiger partial charge in [-0.1, -0.05) is 90.1 Å². The molecule has 0 aliphatic rings. The maximum atomic E-state index is 2.39. The lowest BCUT2D eigenvalue weighted by atomic mass is 9.80. The van der Waals surface area contributed by atoms with Gasteiger partial charge in [0.2, 0.25) is 0 Å². The molecule has 0 saturated carbocycles. The average molecular weight is 309 g/mol. The van der Waals surface area contributed by atoms with E-state index >= 15 is 0 Å². The molecular formula is C23H32. The van der Waals surface area contributed by atoms with Gasteiger partial charge in [0.05, 0.1) is 0 Å². The van der Waals surface area contributed by atoms with E-state index in [0.29, 0.717) is 0 Å². The summed E-state index contributed by atoms with van der Waals surface area (Å²) in [7, 11) is 0. The third-order valence-electron chi connectivity index (χ3n) is 5.59. The van der Waals surface area contributed by atoms with Crippen molar-refractivity contribution in [2.24, 2.45) is 0 Å². The molecule has 0 aromatic heterocycles. The zero-order valence-electron chi connectivity index (χ0n) is 15.7. The van der Waals surface area contributed by atoms with Crippen LogP contribution in [0.2, 0.25) is 0 Å². The molecule has 0 heteroatoms. The highest BCUT2D eigenvalue weighted by molar-refractivity contribution is 5.35. The molecule has 0 saturated heterocycles. The highest BCUT2D eigenvalue weighted by atomic mass is 14.2. The first-order valence-corrected chi connectivity index (χ1v) is 8.97. The van der Waals surface area contributed by atoms with E-state index in [0.717, 1.165) is 19.3 Å². The molecule has 2 rings (SSSR count). The molecule has 0 bridgehead atoms. The van der Waals surface area contributed by atoms with Crippen LogP contribution in [0, 0.1) is 0 Å². The van der Waals surface area contributed by atoms with E-state index in [-0.39, 0.29) is 10.8 Å². The lowest BCUT2D eigenvalue weighted by molar-refractivity contribution is 0.505. The Morgan fingerprint density at radius 3 is 1.39 bits per heavy atom. The average Bonchev–Trinajstić information content (AvgIpc) is 2.55. The van der Waals surface area contributed by atoms with Gasteiger partial charge in [0.1, 0.15) is 0 Å². The number of hydrogen-bond donors (Lipinski definition) is 0. The van der Waals surface area contributed by atoms with Crippen LogP contribution in [-0.2, 0) is 17.3 Å². The lowest BCUT2D eigenvalue weighted by Crippen LogP contribution is -2.16. The molecule has 23 heavy (non-hydrogen) atoms. The second-order valence-electron chi connectivity index (χ2n) is 8.05. The molecule has 0 radical (unpaired) electrons. The van der Waals surface area contributed by atoms with Gasteiger partial charge >= 0.3 is 0 Å². The van der Waals surface area contributed by atoms with E-state index in [1.54, 1.807) is 0 Å². The molecule has 0 N–H and O–H groups in total. The zero-order chi connectivity index (χ0) is 17.1. The van der Waals surface area contributed by atoms with Gasteiger partial charge in [0, 0.05) is 0 Å². The van der Waals surface area contributed by atoms with Gasteiger partial charge in [-0.05, 0) is 52.3 Å². The Hall–Kier alpha value is -1.56. The summed E-state index contributed by atoms with van der Waals surface area (Å²) in [6.45, 7) is 13.9. The van der Waals surface area contributed by atoms with Crippen LogP contribution in [0.15, 0.2) is 48.5 Å². The summed E-state index contributed by atoms with van der Waals surface area (Å²) in [6.07, 6.45) is 3.34. The summed E-state index contributed by atoms with van der Waals surface area (Å²) in [6, 6.07) is 18.2. The Kier molecular flexibility index (Phi) is 5.34. The standard InChI is InChI=1S/C23H32/c1-7-22(3,4)20-13-9-11-18(16-20)15-19-12-10-14-21(17-19)23(5,6)8-2/h9-14,16-17H,7-8,15H2,1-6H3.